The molecular formula is C14H22N2O4. The number of nitriles is 1. The Kier molecular flexibility index (Phi) is 9.05. The van der Waals surface area contributed by atoms with E-state index in [0.29, 0.717) is 6.54 Å². The molecule has 0 aliphatic rings. The number of hydrogen-bond acceptors (Lipinski definition) is 5. The Labute approximate surface area is 119 Å². The number of esters is 1. The molecule has 0 aliphatic carbocycles. The van der Waals surface area contributed by atoms with E-state index in [1.807, 2.05) is 19.9 Å². The van der Waals surface area contributed by atoms with E-state index in [4.69, 9.17) is 14.7 Å². The molecule has 0 rings (SSSR count). The summed E-state index contributed by atoms with van der Waals surface area (Å²) < 4.78 is 10.00. The molecule has 0 spiro atoms. The fourth-order valence-corrected chi connectivity index (χ4v) is 1.45. The number of nitrogens with zero attached hydrogens (tertiary/aromatic N) is 2. The quantitative estimate of drug-likeness (QED) is 0.470. The number of ether oxygens (including phenoxy) is 2. The molecule has 0 aliphatic heterocycles. The molecule has 6 heteroatoms. The lowest BCUT2D eigenvalue weighted by atomic mass is 10.3. The van der Waals surface area contributed by atoms with Gasteiger partial charge < -0.3 is 14.4 Å². The third kappa shape index (κ3) is 6.90. The lowest BCUT2D eigenvalue weighted by Crippen LogP contribution is -2.41. The summed E-state index contributed by atoms with van der Waals surface area (Å²) in [7, 11) is 0. The van der Waals surface area contributed by atoms with E-state index in [2.05, 4.69) is 6.58 Å². The molecule has 0 bridgehead atoms. The van der Waals surface area contributed by atoms with Gasteiger partial charge in [-0.15, -0.1) is 6.58 Å². The van der Waals surface area contributed by atoms with Crippen molar-refractivity contribution in [3.05, 3.63) is 12.7 Å². The molecular weight excluding hydrogens is 260 g/mol. The highest BCUT2D eigenvalue weighted by atomic mass is 16.6. The van der Waals surface area contributed by atoms with Crippen LogP contribution >= 0.6 is 0 Å². The van der Waals surface area contributed by atoms with Crippen LogP contribution in [0.25, 0.3) is 0 Å². The minimum atomic E-state index is -0.743. The molecule has 0 N–H and O–H groups in total. The maximum atomic E-state index is 11.9. The van der Waals surface area contributed by atoms with Crippen LogP contribution in [0.2, 0.25) is 0 Å². The molecule has 0 saturated heterocycles. The van der Waals surface area contributed by atoms with Crippen molar-refractivity contribution in [3.63, 3.8) is 0 Å². The molecule has 1 amide bonds. The summed E-state index contributed by atoms with van der Waals surface area (Å²) in [6.07, 6.45) is 1.03. The van der Waals surface area contributed by atoms with Crippen LogP contribution in [0.1, 0.15) is 27.2 Å². The highest BCUT2D eigenvalue weighted by Gasteiger charge is 2.20. The largest absolute Gasteiger partial charge is 0.454 e. The van der Waals surface area contributed by atoms with Gasteiger partial charge in [-0.2, -0.15) is 5.26 Å². The van der Waals surface area contributed by atoms with E-state index in [1.54, 1.807) is 6.92 Å². The first-order valence-electron chi connectivity index (χ1n) is 6.49. The van der Waals surface area contributed by atoms with Crippen molar-refractivity contribution < 1.29 is 19.1 Å². The molecule has 0 aromatic rings. The van der Waals surface area contributed by atoms with E-state index in [-0.39, 0.29) is 31.6 Å². The molecule has 6 nitrogen and oxygen atoms in total. The van der Waals surface area contributed by atoms with Gasteiger partial charge in [0.05, 0.1) is 19.1 Å². The second-order valence-corrected chi connectivity index (χ2v) is 4.46. The highest BCUT2D eigenvalue weighted by molar-refractivity contribution is 5.82. The molecule has 112 valence electrons. The zero-order valence-corrected chi connectivity index (χ0v) is 12.3. The molecule has 0 aromatic carbocycles. The van der Waals surface area contributed by atoms with Gasteiger partial charge in [0, 0.05) is 12.6 Å². The van der Waals surface area contributed by atoms with Crippen molar-refractivity contribution in [2.75, 3.05) is 19.8 Å². The lowest BCUT2D eigenvalue weighted by molar-refractivity contribution is -0.161. The minimum Gasteiger partial charge on any atom is -0.454 e. The molecule has 0 radical (unpaired) electrons. The molecule has 1 unspecified atom stereocenters. The van der Waals surface area contributed by atoms with Crippen LogP contribution < -0.4 is 0 Å². The maximum Gasteiger partial charge on any atom is 0.335 e. The predicted octanol–water partition coefficient (Wildman–Crippen LogP) is 1.27. The Balaban J connectivity index is 4.27. The average Bonchev–Trinajstić information content (AvgIpc) is 2.41. The van der Waals surface area contributed by atoms with Crippen molar-refractivity contribution in [2.24, 2.45) is 0 Å². The molecule has 0 aromatic heterocycles. The topological polar surface area (TPSA) is 79.6 Å². The fraction of sp³-hybridized carbons (Fsp3) is 0.643. The molecule has 20 heavy (non-hydrogen) atoms. The average molecular weight is 282 g/mol. The van der Waals surface area contributed by atoms with Crippen molar-refractivity contribution >= 4 is 11.9 Å². The van der Waals surface area contributed by atoms with Crippen molar-refractivity contribution in [1.29, 1.82) is 5.26 Å². The maximum absolute atomic E-state index is 11.9. The smallest absolute Gasteiger partial charge is 0.335 e. The Bertz CT molecular complexity index is 374. The Morgan fingerprint density at radius 3 is 2.55 bits per heavy atom. The Hall–Kier alpha value is -1.87. The standard InChI is InChI=1S/C14H22N2O4/c1-5-9-19-12(4)14(18)20-10-13(17)16(11(2)3)8-6-7-15/h5,11-12H,1,6,8-10H2,2-4H3. The number of carbonyl (C=O) groups excluding carboxylic acids is 2. The van der Waals surface area contributed by atoms with E-state index in [0.717, 1.165) is 0 Å². The van der Waals surface area contributed by atoms with E-state index < -0.39 is 12.1 Å². The number of rotatable bonds is 9. The number of hydrogen-bond donors (Lipinski definition) is 0. The third-order valence-corrected chi connectivity index (χ3v) is 2.54. The van der Waals surface area contributed by atoms with Crippen LogP contribution in [0, 0.1) is 11.3 Å². The summed E-state index contributed by atoms with van der Waals surface area (Å²) >= 11 is 0. The predicted molar refractivity (Wildman–Crippen MR) is 73.6 cm³/mol. The van der Waals surface area contributed by atoms with Crippen molar-refractivity contribution in [2.45, 2.75) is 39.3 Å². The van der Waals surface area contributed by atoms with Crippen molar-refractivity contribution in [3.8, 4) is 6.07 Å². The Morgan fingerprint density at radius 1 is 1.40 bits per heavy atom. The fourth-order valence-electron chi connectivity index (χ4n) is 1.45. The van der Waals surface area contributed by atoms with Crippen molar-refractivity contribution in [1.82, 2.24) is 4.90 Å². The monoisotopic (exact) mass is 282 g/mol. The summed E-state index contributed by atoms with van der Waals surface area (Å²) in [6, 6.07) is 1.93. The second kappa shape index (κ2) is 9.98. The molecule has 0 heterocycles. The van der Waals surface area contributed by atoms with Gasteiger partial charge >= 0.3 is 5.97 Å². The third-order valence-electron chi connectivity index (χ3n) is 2.54. The van der Waals surface area contributed by atoms with E-state index in [9.17, 15) is 9.59 Å². The molecule has 1 atom stereocenters. The summed E-state index contributed by atoms with van der Waals surface area (Å²) in [5, 5.41) is 8.55. The first-order chi connectivity index (χ1) is 9.43. The van der Waals surface area contributed by atoms with Gasteiger partial charge in [-0.25, -0.2) is 4.79 Å². The zero-order valence-electron chi connectivity index (χ0n) is 12.3. The summed E-state index contributed by atoms with van der Waals surface area (Å²) in [4.78, 5) is 25.0. The number of carbonyl (C=O) groups is 2. The van der Waals surface area contributed by atoms with Gasteiger partial charge in [-0.3, -0.25) is 4.79 Å². The summed E-state index contributed by atoms with van der Waals surface area (Å²) in [5.41, 5.74) is 0. The van der Waals surface area contributed by atoms with Crippen LogP contribution in [-0.4, -0.2) is 48.7 Å². The molecule has 0 fully saturated rings. The van der Waals surface area contributed by atoms with Gasteiger partial charge in [-0.05, 0) is 20.8 Å². The van der Waals surface area contributed by atoms with Crippen LogP contribution in [0.5, 0.6) is 0 Å². The van der Waals surface area contributed by atoms with Crippen LogP contribution in [0.15, 0.2) is 12.7 Å². The van der Waals surface area contributed by atoms with Gasteiger partial charge in [0.2, 0.25) is 0 Å². The summed E-state index contributed by atoms with van der Waals surface area (Å²) in [5.74, 6) is -0.913. The van der Waals surface area contributed by atoms with Gasteiger partial charge in [0.15, 0.2) is 12.7 Å². The van der Waals surface area contributed by atoms with Gasteiger partial charge in [0.25, 0.3) is 5.91 Å². The highest BCUT2D eigenvalue weighted by Crippen LogP contribution is 2.02. The summed E-state index contributed by atoms with van der Waals surface area (Å²) in [6.45, 7) is 8.93. The SMILES string of the molecule is C=CCOC(C)C(=O)OCC(=O)N(CCC#N)C(C)C. The van der Waals surface area contributed by atoms with E-state index >= 15 is 0 Å². The lowest BCUT2D eigenvalue weighted by Gasteiger charge is -2.25. The first kappa shape index (κ1) is 18.1. The molecule has 0 saturated carbocycles. The first-order valence-corrected chi connectivity index (χ1v) is 6.49. The number of amides is 1. The van der Waals surface area contributed by atoms with Gasteiger partial charge in [-0.1, -0.05) is 6.08 Å². The van der Waals surface area contributed by atoms with E-state index in [1.165, 1.54) is 11.0 Å². The minimum absolute atomic E-state index is 0.0519. The van der Waals surface area contributed by atoms with Crippen LogP contribution in [0.3, 0.4) is 0 Å². The normalized spacial score (nSPS) is 11.6. The Morgan fingerprint density at radius 2 is 2.05 bits per heavy atom. The van der Waals surface area contributed by atoms with Gasteiger partial charge in [0.1, 0.15) is 0 Å². The van der Waals surface area contributed by atoms with Crippen LogP contribution in [0.4, 0.5) is 0 Å². The zero-order chi connectivity index (χ0) is 15.5. The second-order valence-electron chi connectivity index (χ2n) is 4.46. The van der Waals surface area contributed by atoms with Crippen LogP contribution in [-0.2, 0) is 19.1 Å².